The van der Waals surface area contributed by atoms with Gasteiger partial charge >= 0.3 is 0 Å². The molecule has 2 nitrogen and oxygen atoms in total. The molecule has 1 saturated carbocycles. The van der Waals surface area contributed by atoms with Gasteiger partial charge in [0, 0.05) is 19.0 Å². The van der Waals surface area contributed by atoms with Gasteiger partial charge in [-0.15, -0.1) is 0 Å². The lowest BCUT2D eigenvalue weighted by atomic mass is 10.2. The second-order valence-corrected chi connectivity index (χ2v) is 4.43. The fourth-order valence-corrected chi connectivity index (χ4v) is 1.63. The third-order valence-corrected chi connectivity index (χ3v) is 2.75. The van der Waals surface area contributed by atoms with Crippen LogP contribution in [0.25, 0.3) is 0 Å². The highest BCUT2D eigenvalue weighted by atomic mass is 19.1. The van der Waals surface area contributed by atoms with Crippen LogP contribution in [0.15, 0.2) is 12.1 Å². The zero-order valence-corrected chi connectivity index (χ0v) is 10.0. The number of ether oxygens (including phenoxy) is 1. The molecule has 100 valence electrons. The van der Waals surface area contributed by atoms with Gasteiger partial charge in [-0.05, 0) is 30.5 Å². The molecule has 0 radical (unpaired) electrons. The van der Waals surface area contributed by atoms with Crippen LogP contribution in [0.2, 0.25) is 0 Å². The highest BCUT2D eigenvalue weighted by Crippen LogP contribution is 2.24. The molecule has 1 aromatic rings. The Balaban J connectivity index is 1.97. The Bertz CT molecular complexity index is 384. The normalized spacial score (nSPS) is 14.8. The number of hydrogen-bond donors (Lipinski definition) is 1. The van der Waals surface area contributed by atoms with Crippen LogP contribution in [0, 0.1) is 11.6 Å². The molecule has 1 aliphatic rings. The van der Waals surface area contributed by atoms with Crippen molar-refractivity contribution in [2.75, 3.05) is 13.3 Å². The van der Waals surface area contributed by atoms with Crippen molar-refractivity contribution < 1.29 is 17.9 Å². The molecule has 0 spiro atoms. The van der Waals surface area contributed by atoms with Gasteiger partial charge in [0.2, 0.25) is 0 Å². The summed E-state index contributed by atoms with van der Waals surface area (Å²) >= 11 is 0. The summed E-state index contributed by atoms with van der Waals surface area (Å²) < 4.78 is 43.9. The summed E-state index contributed by atoms with van der Waals surface area (Å²) in [6, 6.07) is 2.99. The van der Waals surface area contributed by atoms with Gasteiger partial charge in [0.15, 0.2) is 17.4 Å². The van der Waals surface area contributed by atoms with E-state index in [1.54, 1.807) is 0 Å². The van der Waals surface area contributed by atoms with Crippen molar-refractivity contribution in [1.82, 2.24) is 5.32 Å². The number of alkyl halides is 1. The Morgan fingerprint density at radius 3 is 2.44 bits per heavy atom. The number of hydrogen-bond acceptors (Lipinski definition) is 2. The fraction of sp³-hybridized carbons (Fsp3) is 0.538. The fourth-order valence-electron chi connectivity index (χ4n) is 1.63. The number of rotatable bonds is 7. The van der Waals surface area contributed by atoms with Gasteiger partial charge in [0.25, 0.3) is 0 Å². The Kier molecular flexibility index (Phi) is 4.47. The Labute approximate surface area is 104 Å². The Morgan fingerprint density at radius 1 is 1.22 bits per heavy atom. The molecule has 1 N–H and O–H groups in total. The first kappa shape index (κ1) is 13.2. The molecule has 1 aliphatic carbocycles. The van der Waals surface area contributed by atoms with E-state index in [1.165, 1.54) is 12.1 Å². The highest BCUT2D eigenvalue weighted by molar-refractivity contribution is 5.31. The SMILES string of the molecule is FCCCOc1c(F)cc(CNC2CC2)cc1F. The Morgan fingerprint density at radius 2 is 1.89 bits per heavy atom. The third kappa shape index (κ3) is 3.63. The average molecular weight is 259 g/mol. The molecule has 5 heteroatoms. The largest absolute Gasteiger partial charge is 0.488 e. The minimum Gasteiger partial charge on any atom is -0.488 e. The molecule has 1 fully saturated rings. The molecular formula is C13H16F3NO. The van der Waals surface area contributed by atoms with Gasteiger partial charge in [-0.2, -0.15) is 0 Å². The first-order valence-corrected chi connectivity index (χ1v) is 6.11. The molecule has 0 unspecified atom stereocenters. The lowest BCUT2D eigenvalue weighted by Gasteiger charge is -2.10. The number of nitrogens with one attached hydrogen (secondary N) is 1. The second-order valence-electron chi connectivity index (χ2n) is 4.43. The molecule has 1 aromatic carbocycles. The molecule has 0 saturated heterocycles. The van der Waals surface area contributed by atoms with E-state index < -0.39 is 24.1 Å². The summed E-state index contributed by atoms with van der Waals surface area (Å²) in [6.45, 7) is -0.139. The zero-order chi connectivity index (χ0) is 13.0. The lowest BCUT2D eigenvalue weighted by Crippen LogP contribution is -2.15. The molecule has 0 aliphatic heterocycles. The average Bonchev–Trinajstić information content (AvgIpc) is 3.14. The summed E-state index contributed by atoms with van der Waals surface area (Å²) in [5, 5.41) is 3.18. The van der Waals surface area contributed by atoms with Gasteiger partial charge in [-0.25, -0.2) is 8.78 Å². The van der Waals surface area contributed by atoms with Gasteiger partial charge in [0.1, 0.15) is 0 Å². The minimum atomic E-state index is -0.735. The van der Waals surface area contributed by atoms with Crippen molar-refractivity contribution in [3.05, 3.63) is 29.3 Å². The van der Waals surface area contributed by atoms with Gasteiger partial charge in [-0.3, -0.25) is 4.39 Å². The topological polar surface area (TPSA) is 21.3 Å². The third-order valence-electron chi connectivity index (χ3n) is 2.75. The van der Waals surface area contributed by atoms with Crippen molar-refractivity contribution in [2.24, 2.45) is 0 Å². The smallest absolute Gasteiger partial charge is 0.190 e. The van der Waals surface area contributed by atoms with Crippen LogP contribution in [-0.4, -0.2) is 19.3 Å². The second kappa shape index (κ2) is 6.09. The summed E-state index contributed by atoms with van der Waals surface area (Å²) in [6.07, 6.45) is 2.37. The van der Waals surface area contributed by atoms with Crippen molar-refractivity contribution in [3.63, 3.8) is 0 Å². The van der Waals surface area contributed by atoms with Crippen molar-refractivity contribution in [1.29, 1.82) is 0 Å². The van der Waals surface area contributed by atoms with Crippen LogP contribution in [-0.2, 0) is 6.54 Å². The lowest BCUT2D eigenvalue weighted by molar-refractivity contribution is 0.264. The number of halogens is 3. The van der Waals surface area contributed by atoms with Gasteiger partial charge < -0.3 is 10.1 Å². The zero-order valence-electron chi connectivity index (χ0n) is 10.0. The van der Waals surface area contributed by atoms with Crippen molar-refractivity contribution >= 4 is 0 Å². The van der Waals surface area contributed by atoms with E-state index in [0.717, 1.165) is 12.8 Å². The van der Waals surface area contributed by atoms with E-state index in [9.17, 15) is 13.2 Å². The first-order valence-electron chi connectivity index (χ1n) is 6.11. The van der Waals surface area contributed by atoms with E-state index in [2.05, 4.69) is 5.32 Å². The van der Waals surface area contributed by atoms with Gasteiger partial charge in [0.05, 0.1) is 13.3 Å². The van der Waals surface area contributed by atoms with Crippen LogP contribution in [0.1, 0.15) is 24.8 Å². The van der Waals surface area contributed by atoms with Crippen LogP contribution in [0.5, 0.6) is 5.75 Å². The Hall–Kier alpha value is -1.23. The van der Waals surface area contributed by atoms with Crippen LogP contribution in [0.3, 0.4) is 0 Å². The predicted molar refractivity (Wildman–Crippen MR) is 62.3 cm³/mol. The summed E-state index contributed by atoms with van der Waals surface area (Å²) in [7, 11) is 0. The quantitative estimate of drug-likeness (QED) is 0.760. The summed E-state index contributed by atoms with van der Waals surface area (Å²) in [5.41, 5.74) is 0.551. The van der Waals surface area contributed by atoms with E-state index in [0.29, 0.717) is 18.2 Å². The molecule has 0 aromatic heterocycles. The van der Waals surface area contributed by atoms with Crippen molar-refractivity contribution in [3.8, 4) is 5.75 Å². The van der Waals surface area contributed by atoms with E-state index in [1.807, 2.05) is 0 Å². The standard InChI is InChI=1S/C13H16F3NO/c14-4-1-5-18-13-11(15)6-9(7-12(13)16)8-17-10-2-3-10/h6-7,10,17H,1-5,8H2. The molecule has 0 atom stereocenters. The van der Waals surface area contributed by atoms with Crippen LogP contribution >= 0.6 is 0 Å². The maximum absolute atomic E-state index is 13.6. The van der Waals surface area contributed by atoms with Crippen LogP contribution < -0.4 is 10.1 Å². The first-order chi connectivity index (χ1) is 8.70. The summed E-state index contributed by atoms with van der Waals surface area (Å²) in [4.78, 5) is 0. The molecule has 18 heavy (non-hydrogen) atoms. The molecule has 2 rings (SSSR count). The summed E-state index contributed by atoms with van der Waals surface area (Å²) in [5.74, 6) is -1.89. The minimum absolute atomic E-state index is 0.0238. The van der Waals surface area contributed by atoms with Crippen molar-refractivity contribution in [2.45, 2.75) is 31.8 Å². The monoisotopic (exact) mass is 259 g/mol. The van der Waals surface area contributed by atoms with E-state index in [-0.39, 0.29) is 13.0 Å². The van der Waals surface area contributed by atoms with Gasteiger partial charge in [-0.1, -0.05) is 0 Å². The predicted octanol–water partition coefficient (Wildman–Crippen LogP) is 2.96. The maximum Gasteiger partial charge on any atom is 0.190 e. The molecule has 0 bridgehead atoms. The molecular weight excluding hydrogens is 243 g/mol. The molecule has 0 amide bonds. The van der Waals surface area contributed by atoms with E-state index in [4.69, 9.17) is 4.74 Å². The maximum atomic E-state index is 13.6. The highest BCUT2D eigenvalue weighted by Gasteiger charge is 2.20. The van der Waals surface area contributed by atoms with E-state index >= 15 is 0 Å². The number of benzene rings is 1. The molecule has 0 heterocycles. The van der Waals surface area contributed by atoms with Crippen LogP contribution in [0.4, 0.5) is 13.2 Å².